The number of fused-ring (bicyclic) bond motifs is 3. The first kappa shape index (κ1) is 23.3. The number of alkyl carbamates (subject to hydrolysis) is 1. The third kappa shape index (κ3) is 4.88. The van der Waals surface area contributed by atoms with E-state index in [1.54, 1.807) is 6.92 Å². The number of carbonyl (C=O) groups is 4. The number of aliphatic carboxylic acids is 1. The van der Waals surface area contributed by atoms with Gasteiger partial charge < -0.3 is 25.4 Å². The summed E-state index contributed by atoms with van der Waals surface area (Å²) in [5.41, 5.74) is 4.47. The predicted octanol–water partition coefficient (Wildman–Crippen LogP) is 2.11. The van der Waals surface area contributed by atoms with E-state index >= 15 is 0 Å². The van der Waals surface area contributed by atoms with Crippen molar-refractivity contribution in [2.24, 2.45) is 0 Å². The van der Waals surface area contributed by atoms with E-state index in [0.29, 0.717) is 0 Å². The van der Waals surface area contributed by atoms with E-state index in [9.17, 15) is 19.2 Å². The molecule has 0 spiro atoms. The quantitative estimate of drug-likeness (QED) is 0.575. The summed E-state index contributed by atoms with van der Waals surface area (Å²) < 4.78 is 5.51. The van der Waals surface area contributed by atoms with Gasteiger partial charge in [0.25, 0.3) is 0 Å². The normalized spacial score (nSPS) is 17.9. The van der Waals surface area contributed by atoms with Crippen LogP contribution in [0.5, 0.6) is 0 Å². The van der Waals surface area contributed by atoms with E-state index < -0.39 is 42.4 Å². The van der Waals surface area contributed by atoms with E-state index in [1.807, 2.05) is 36.4 Å². The van der Waals surface area contributed by atoms with Crippen molar-refractivity contribution < 1.29 is 29.0 Å². The SMILES string of the molecule is CC(CC(=O)N1CCNC(=O)C1CC(=O)O)NC(=O)OCC1c2ccccc2-c2ccccc21. The van der Waals surface area contributed by atoms with Gasteiger partial charge >= 0.3 is 12.1 Å². The number of rotatable bonds is 7. The average molecular weight is 466 g/mol. The maximum atomic E-state index is 12.7. The van der Waals surface area contributed by atoms with Gasteiger partial charge in [0.2, 0.25) is 11.8 Å². The Kier molecular flexibility index (Phi) is 6.81. The largest absolute Gasteiger partial charge is 0.481 e. The monoisotopic (exact) mass is 465 g/mol. The molecule has 2 atom stereocenters. The number of ether oxygens (including phenoxy) is 1. The third-order valence-corrected chi connectivity index (χ3v) is 6.21. The summed E-state index contributed by atoms with van der Waals surface area (Å²) in [7, 11) is 0. The molecule has 34 heavy (non-hydrogen) atoms. The second-order valence-electron chi connectivity index (χ2n) is 8.57. The summed E-state index contributed by atoms with van der Waals surface area (Å²) in [4.78, 5) is 49.6. The Labute approximate surface area is 197 Å². The first-order chi connectivity index (χ1) is 16.3. The number of nitrogens with zero attached hydrogens (tertiary/aromatic N) is 1. The molecule has 2 unspecified atom stereocenters. The number of amides is 3. The van der Waals surface area contributed by atoms with Crippen LogP contribution in [-0.4, -0.2) is 65.7 Å². The number of nitrogens with one attached hydrogen (secondary N) is 2. The van der Waals surface area contributed by atoms with Crippen molar-refractivity contribution in [3.63, 3.8) is 0 Å². The number of carboxylic acid groups (broad SMARTS) is 1. The Hall–Kier alpha value is -3.88. The molecule has 3 N–H and O–H groups in total. The summed E-state index contributed by atoms with van der Waals surface area (Å²) in [5.74, 6) is -2.12. The fourth-order valence-corrected chi connectivity index (χ4v) is 4.65. The molecule has 9 heteroatoms. The molecule has 0 bridgehead atoms. The van der Waals surface area contributed by atoms with Gasteiger partial charge in [-0.25, -0.2) is 4.79 Å². The molecule has 2 aromatic carbocycles. The highest BCUT2D eigenvalue weighted by molar-refractivity contribution is 5.92. The highest BCUT2D eigenvalue weighted by Crippen LogP contribution is 2.44. The minimum atomic E-state index is -1.16. The lowest BCUT2D eigenvalue weighted by atomic mass is 9.98. The lowest BCUT2D eigenvalue weighted by molar-refractivity contribution is -0.148. The van der Waals surface area contributed by atoms with Crippen molar-refractivity contribution in [1.82, 2.24) is 15.5 Å². The van der Waals surface area contributed by atoms with Crippen LogP contribution in [0.25, 0.3) is 11.1 Å². The summed E-state index contributed by atoms with van der Waals surface area (Å²) in [6.07, 6.45) is -1.18. The molecule has 0 aromatic heterocycles. The van der Waals surface area contributed by atoms with Crippen molar-refractivity contribution >= 4 is 23.9 Å². The minimum Gasteiger partial charge on any atom is -0.481 e. The highest BCUT2D eigenvalue weighted by atomic mass is 16.5. The number of benzene rings is 2. The Balaban J connectivity index is 1.33. The molecule has 1 saturated heterocycles. The van der Waals surface area contributed by atoms with E-state index in [0.717, 1.165) is 22.3 Å². The molecular weight excluding hydrogens is 438 g/mol. The van der Waals surface area contributed by atoms with Crippen molar-refractivity contribution in [2.45, 2.75) is 37.8 Å². The van der Waals surface area contributed by atoms with Crippen LogP contribution >= 0.6 is 0 Å². The second kappa shape index (κ2) is 9.94. The van der Waals surface area contributed by atoms with Crippen LogP contribution in [0.2, 0.25) is 0 Å². The average Bonchev–Trinajstić information content (AvgIpc) is 3.12. The van der Waals surface area contributed by atoms with E-state index in [2.05, 4.69) is 22.8 Å². The molecular formula is C25H27N3O6. The molecule has 4 rings (SSSR count). The molecule has 2 aliphatic rings. The highest BCUT2D eigenvalue weighted by Gasteiger charge is 2.35. The first-order valence-corrected chi connectivity index (χ1v) is 11.3. The van der Waals surface area contributed by atoms with Crippen molar-refractivity contribution in [3.05, 3.63) is 59.7 Å². The smallest absolute Gasteiger partial charge is 0.407 e. The minimum absolute atomic E-state index is 0.0706. The Morgan fingerprint density at radius 3 is 2.35 bits per heavy atom. The molecule has 3 amide bonds. The second-order valence-corrected chi connectivity index (χ2v) is 8.57. The Bertz CT molecular complexity index is 1070. The van der Waals surface area contributed by atoms with Crippen LogP contribution in [0.4, 0.5) is 4.79 Å². The topological polar surface area (TPSA) is 125 Å². The Morgan fingerprint density at radius 1 is 1.12 bits per heavy atom. The molecule has 1 fully saturated rings. The molecule has 178 valence electrons. The van der Waals surface area contributed by atoms with Gasteiger partial charge in [-0.05, 0) is 29.2 Å². The zero-order valence-corrected chi connectivity index (χ0v) is 18.8. The van der Waals surface area contributed by atoms with Gasteiger partial charge in [0.1, 0.15) is 12.6 Å². The molecule has 1 aliphatic heterocycles. The zero-order chi connectivity index (χ0) is 24.2. The fourth-order valence-electron chi connectivity index (χ4n) is 4.65. The molecule has 9 nitrogen and oxygen atoms in total. The molecule has 2 aromatic rings. The lowest BCUT2D eigenvalue weighted by Crippen LogP contribution is -2.58. The number of piperazine rings is 1. The third-order valence-electron chi connectivity index (χ3n) is 6.21. The number of carbonyl (C=O) groups excluding carboxylic acids is 3. The fraction of sp³-hybridized carbons (Fsp3) is 0.360. The molecule has 0 radical (unpaired) electrons. The van der Waals surface area contributed by atoms with Crippen LogP contribution in [0.3, 0.4) is 0 Å². The van der Waals surface area contributed by atoms with Crippen LogP contribution in [-0.2, 0) is 19.1 Å². The summed E-state index contributed by atoms with van der Waals surface area (Å²) in [6, 6.07) is 14.5. The zero-order valence-electron chi connectivity index (χ0n) is 18.8. The maximum Gasteiger partial charge on any atom is 0.407 e. The van der Waals surface area contributed by atoms with Crippen molar-refractivity contribution in [2.75, 3.05) is 19.7 Å². The van der Waals surface area contributed by atoms with E-state index in [-0.39, 0.29) is 32.0 Å². The predicted molar refractivity (Wildman–Crippen MR) is 123 cm³/mol. The standard InChI is InChI=1S/C25H27N3O6/c1-15(12-22(29)28-11-10-26-24(32)21(28)13-23(30)31)27-25(33)34-14-20-18-8-4-2-6-16(18)17-7-3-5-9-19(17)20/h2-9,15,20-21H,10-14H2,1H3,(H,26,32)(H,27,33)(H,30,31). The van der Waals surface area contributed by atoms with Gasteiger partial charge in [-0.3, -0.25) is 14.4 Å². The first-order valence-electron chi connectivity index (χ1n) is 11.3. The van der Waals surface area contributed by atoms with Crippen LogP contribution < -0.4 is 10.6 Å². The van der Waals surface area contributed by atoms with Gasteiger partial charge in [-0.15, -0.1) is 0 Å². The van der Waals surface area contributed by atoms with Gasteiger partial charge in [-0.1, -0.05) is 48.5 Å². The summed E-state index contributed by atoms with van der Waals surface area (Å²) in [5, 5.41) is 14.3. The summed E-state index contributed by atoms with van der Waals surface area (Å²) in [6.45, 7) is 2.30. The summed E-state index contributed by atoms with van der Waals surface area (Å²) >= 11 is 0. The van der Waals surface area contributed by atoms with Crippen LogP contribution in [0.15, 0.2) is 48.5 Å². The van der Waals surface area contributed by atoms with Crippen molar-refractivity contribution in [3.8, 4) is 11.1 Å². The molecule has 1 aliphatic carbocycles. The van der Waals surface area contributed by atoms with Gasteiger partial charge in [-0.2, -0.15) is 0 Å². The molecule has 1 heterocycles. The van der Waals surface area contributed by atoms with Crippen LogP contribution in [0.1, 0.15) is 36.8 Å². The lowest BCUT2D eigenvalue weighted by Gasteiger charge is -2.34. The van der Waals surface area contributed by atoms with Crippen molar-refractivity contribution in [1.29, 1.82) is 0 Å². The van der Waals surface area contributed by atoms with E-state index in [4.69, 9.17) is 9.84 Å². The van der Waals surface area contributed by atoms with Gasteiger partial charge in [0, 0.05) is 31.5 Å². The number of hydrogen-bond donors (Lipinski definition) is 3. The number of hydrogen-bond acceptors (Lipinski definition) is 5. The van der Waals surface area contributed by atoms with Crippen LogP contribution in [0, 0.1) is 0 Å². The molecule has 0 saturated carbocycles. The van der Waals surface area contributed by atoms with Gasteiger partial charge in [0.15, 0.2) is 0 Å². The Morgan fingerprint density at radius 2 is 1.74 bits per heavy atom. The number of carboxylic acids is 1. The van der Waals surface area contributed by atoms with E-state index in [1.165, 1.54) is 4.90 Å². The van der Waals surface area contributed by atoms with Gasteiger partial charge in [0.05, 0.1) is 6.42 Å². The maximum absolute atomic E-state index is 12.7.